The summed E-state index contributed by atoms with van der Waals surface area (Å²) in [6.07, 6.45) is 1.47. The molecule has 0 bridgehead atoms. The van der Waals surface area contributed by atoms with Gasteiger partial charge in [-0.2, -0.15) is 0 Å². The maximum Gasteiger partial charge on any atom is 0.350 e. The summed E-state index contributed by atoms with van der Waals surface area (Å²) in [7, 11) is 1.51. The van der Waals surface area contributed by atoms with Crippen LogP contribution in [0.15, 0.2) is 15.8 Å². The Morgan fingerprint density at radius 2 is 2.25 bits per heavy atom. The van der Waals surface area contributed by atoms with E-state index in [0.717, 1.165) is 10.8 Å². The number of hydrogen-bond donors (Lipinski definition) is 1. The Balaban J connectivity index is 3.01. The fourth-order valence-electron chi connectivity index (χ4n) is 1.17. The van der Waals surface area contributed by atoms with Crippen molar-refractivity contribution in [3.63, 3.8) is 0 Å². The fourth-order valence-corrected chi connectivity index (χ4v) is 1.17. The van der Waals surface area contributed by atoms with E-state index in [-0.39, 0.29) is 6.54 Å². The molecule has 1 aromatic rings. The van der Waals surface area contributed by atoms with Gasteiger partial charge in [0.25, 0.3) is 0 Å². The number of nitrogens with one attached hydrogen (secondary N) is 1. The van der Waals surface area contributed by atoms with Crippen molar-refractivity contribution in [2.45, 2.75) is 13.0 Å². The fraction of sp³-hybridized carbons (Fsp3) is 0.500. The van der Waals surface area contributed by atoms with Crippen molar-refractivity contribution >= 4 is 5.69 Å². The van der Waals surface area contributed by atoms with Gasteiger partial charge in [0.05, 0.1) is 11.1 Å². The Bertz CT molecular complexity index is 489. The van der Waals surface area contributed by atoms with Gasteiger partial charge < -0.3 is 4.74 Å². The third kappa shape index (κ3) is 2.76. The first-order chi connectivity index (χ1) is 7.56. The lowest BCUT2D eigenvalue weighted by molar-refractivity contribution is -0.386. The van der Waals surface area contributed by atoms with Gasteiger partial charge in [0.2, 0.25) is 0 Å². The SMILES string of the molecule is COCCCn1cc([N+](=O)[O-])c(=O)[nH]c1=O. The van der Waals surface area contributed by atoms with Crippen molar-refractivity contribution in [3.05, 3.63) is 37.1 Å². The highest BCUT2D eigenvalue weighted by molar-refractivity contribution is 5.20. The second-order valence-electron chi connectivity index (χ2n) is 3.07. The summed E-state index contributed by atoms with van der Waals surface area (Å²) in [6.45, 7) is 0.684. The smallest absolute Gasteiger partial charge is 0.350 e. The molecular weight excluding hydrogens is 218 g/mol. The third-order valence-electron chi connectivity index (χ3n) is 1.94. The first kappa shape index (κ1) is 12.1. The minimum atomic E-state index is -0.988. The maximum atomic E-state index is 11.3. The number of rotatable bonds is 5. The molecule has 0 aliphatic heterocycles. The van der Waals surface area contributed by atoms with Crippen molar-refractivity contribution < 1.29 is 9.66 Å². The molecule has 0 spiro atoms. The molecule has 0 fully saturated rings. The summed E-state index contributed by atoms with van der Waals surface area (Å²) < 4.78 is 5.87. The van der Waals surface area contributed by atoms with E-state index in [9.17, 15) is 19.7 Å². The van der Waals surface area contributed by atoms with E-state index >= 15 is 0 Å². The van der Waals surface area contributed by atoms with E-state index in [0.29, 0.717) is 13.0 Å². The van der Waals surface area contributed by atoms with Crippen LogP contribution in [-0.4, -0.2) is 28.2 Å². The second-order valence-corrected chi connectivity index (χ2v) is 3.07. The maximum absolute atomic E-state index is 11.3. The van der Waals surface area contributed by atoms with Crippen LogP contribution in [0.5, 0.6) is 0 Å². The van der Waals surface area contributed by atoms with Gasteiger partial charge in [-0.25, -0.2) is 4.79 Å². The summed E-state index contributed by atoms with van der Waals surface area (Å²) in [4.78, 5) is 33.8. The minimum absolute atomic E-state index is 0.254. The average molecular weight is 229 g/mol. The molecule has 1 rings (SSSR count). The first-order valence-electron chi connectivity index (χ1n) is 4.53. The zero-order chi connectivity index (χ0) is 12.1. The molecule has 0 aromatic carbocycles. The van der Waals surface area contributed by atoms with Gasteiger partial charge in [-0.3, -0.25) is 24.5 Å². The molecule has 0 aliphatic rings. The Hall–Kier alpha value is -1.96. The van der Waals surface area contributed by atoms with Gasteiger partial charge >= 0.3 is 16.9 Å². The number of ether oxygens (including phenoxy) is 1. The Morgan fingerprint density at radius 3 is 2.81 bits per heavy atom. The summed E-state index contributed by atoms with van der Waals surface area (Å²) in [5.41, 5.74) is -2.29. The van der Waals surface area contributed by atoms with Crippen molar-refractivity contribution in [1.82, 2.24) is 9.55 Å². The molecule has 0 amide bonds. The Morgan fingerprint density at radius 1 is 1.56 bits per heavy atom. The van der Waals surface area contributed by atoms with E-state index in [2.05, 4.69) is 0 Å². The molecule has 1 aromatic heterocycles. The summed E-state index contributed by atoms with van der Waals surface area (Å²) in [5.74, 6) is 0. The molecule has 8 nitrogen and oxygen atoms in total. The standard InChI is InChI=1S/C8H11N3O5/c1-16-4-2-3-10-5-6(11(14)15)7(12)9-8(10)13/h5H,2-4H2,1H3,(H,9,12,13). The van der Waals surface area contributed by atoms with Gasteiger partial charge in [-0.1, -0.05) is 0 Å². The van der Waals surface area contributed by atoms with Crippen LogP contribution in [0.25, 0.3) is 0 Å². The lowest BCUT2D eigenvalue weighted by Gasteiger charge is -2.03. The number of aryl methyl sites for hydroxylation is 1. The lowest BCUT2D eigenvalue weighted by Crippen LogP contribution is -2.31. The minimum Gasteiger partial charge on any atom is -0.385 e. The number of H-pyrrole nitrogens is 1. The topological polar surface area (TPSA) is 107 Å². The second kappa shape index (κ2) is 5.21. The molecule has 1 N–H and O–H groups in total. The van der Waals surface area contributed by atoms with Gasteiger partial charge in [-0.05, 0) is 6.42 Å². The van der Waals surface area contributed by atoms with Crippen LogP contribution in [0.2, 0.25) is 0 Å². The van der Waals surface area contributed by atoms with Crippen molar-refractivity contribution in [2.24, 2.45) is 0 Å². The van der Waals surface area contributed by atoms with Crippen LogP contribution in [0.3, 0.4) is 0 Å². The molecular formula is C8H11N3O5. The zero-order valence-corrected chi connectivity index (χ0v) is 8.63. The number of aromatic amines is 1. The zero-order valence-electron chi connectivity index (χ0n) is 8.63. The van der Waals surface area contributed by atoms with Crippen molar-refractivity contribution in [3.8, 4) is 0 Å². The highest BCUT2D eigenvalue weighted by Gasteiger charge is 2.14. The van der Waals surface area contributed by atoms with Crippen LogP contribution >= 0.6 is 0 Å². The van der Waals surface area contributed by atoms with Crippen molar-refractivity contribution in [2.75, 3.05) is 13.7 Å². The molecule has 16 heavy (non-hydrogen) atoms. The van der Waals surface area contributed by atoms with Crippen LogP contribution in [0, 0.1) is 10.1 Å². The van der Waals surface area contributed by atoms with E-state index in [4.69, 9.17) is 4.74 Å². The normalized spacial score (nSPS) is 10.3. The summed E-state index contributed by atoms with van der Waals surface area (Å²) in [6, 6.07) is 0. The van der Waals surface area contributed by atoms with Gasteiger partial charge in [-0.15, -0.1) is 0 Å². The molecule has 0 unspecified atom stereocenters. The van der Waals surface area contributed by atoms with E-state index < -0.39 is 21.9 Å². The molecule has 0 aliphatic carbocycles. The van der Waals surface area contributed by atoms with Crippen LogP contribution in [0.1, 0.15) is 6.42 Å². The number of nitro groups is 1. The highest BCUT2D eigenvalue weighted by atomic mass is 16.6. The molecule has 88 valence electrons. The van der Waals surface area contributed by atoms with E-state index in [1.807, 2.05) is 4.98 Å². The van der Waals surface area contributed by atoms with Crippen LogP contribution < -0.4 is 11.2 Å². The monoisotopic (exact) mass is 229 g/mol. The lowest BCUT2D eigenvalue weighted by atomic mass is 10.4. The van der Waals surface area contributed by atoms with Gasteiger partial charge in [0.1, 0.15) is 0 Å². The van der Waals surface area contributed by atoms with Crippen LogP contribution in [0.4, 0.5) is 5.69 Å². The Labute approximate surface area is 89.6 Å². The number of hydrogen-bond acceptors (Lipinski definition) is 5. The molecule has 0 saturated carbocycles. The summed E-state index contributed by atoms with van der Waals surface area (Å²) >= 11 is 0. The molecule has 1 heterocycles. The van der Waals surface area contributed by atoms with E-state index in [1.54, 1.807) is 0 Å². The molecule has 0 radical (unpaired) electrons. The first-order valence-corrected chi connectivity index (χ1v) is 4.53. The van der Waals surface area contributed by atoms with Crippen molar-refractivity contribution in [1.29, 1.82) is 0 Å². The third-order valence-corrected chi connectivity index (χ3v) is 1.94. The number of aromatic nitrogens is 2. The largest absolute Gasteiger partial charge is 0.385 e. The number of methoxy groups -OCH3 is 1. The average Bonchev–Trinajstić information content (AvgIpc) is 2.21. The summed E-state index contributed by atoms with van der Waals surface area (Å²) in [5, 5.41) is 10.5. The quantitative estimate of drug-likeness (QED) is 0.415. The molecule has 0 saturated heterocycles. The highest BCUT2D eigenvalue weighted by Crippen LogP contribution is 1.99. The van der Waals surface area contributed by atoms with E-state index in [1.165, 1.54) is 7.11 Å². The number of nitrogens with zero attached hydrogens (tertiary/aromatic N) is 2. The predicted molar refractivity (Wildman–Crippen MR) is 54.5 cm³/mol. The molecule has 0 atom stereocenters. The van der Waals surface area contributed by atoms with Gasteiger partial charge in [0.15, 0.2) is 0 Å². The molecule has 8 heteroatoms. The Kier molecular flexibility index (Phi) is 3.95. The van der Waals surface area contributed by atoms with Crippen LogP contribution in [-0.2, 0) is 11.3 Å². The predicted octanol–water partition coefficient (Wildman–Crippen LogP) is -0.519. The van der Waals surface area contributed by atoms with Gasteiger partial charge in [0, 0.05) is 20.3 Å².